The Balaban J connectivity index is 0.000000156. The van der Waals surface area contributed by atoms with Gasteiger partial charge in [0.1, 0.15) is 66.8 Å². The van der Waals surface area contributed by atoms with Gasteiger partial charge in [0.25, 0.3) is 0 Å². The van der Waals surface area contributed by atoms with Crippen LogP contribution in [-0.2, 0) is 76.0 Å². The van der Waals surface area contributed by atoms with Crippen LogP contribution in [0, 0.1) is 0 Å². The van der Waals surface area contributed by atoms with Crippen molar-refractivity contribution in [3.8, 4) is 5.75 Å². The maximum atomic E-state index is 11.1. The van der Waals surface area contributed by atoms with Crippen molar-refractivity contribution in [2.75, 3.05) is 7.11 Å². The van der Waals surface area contributed by atoms with Gasteiger partial charge in [0.15, 0.2) is 18.5 Å². The van der Waals surface area contributed by atoms with E-state index in [1.165, 1.54) is 0 Å². The molecule has 0 radical (unpaired) electrons. The van der Waals surface area contributed by atoms with Gasteiger partial charge in [-0.05, 0) is 63.5 Å². The van der Waals surface area contributed by atoms with E-state index in [4.69, 9.17) is 80.8 Å². The van der Waals surface area contributed by atoms with Crippen LogP contribution in [0.1, 0.15) is 129 Å². The normalized spacial score (nSPS) is 48.1. The molecule has 67 heavy (non-hydrogen) atoms. The molecular formula is C48H66O19. The van der Waals surface area contributed by atoms with E-state index in [2.05, 4.69) is 27.7 Å². The van der Waals surface area contributed by atoms with Crippen molar-refractivity contribution < 1.29 is 91.0 Å². The largest absolute Gasteiger partial charge is 0.497 e. The quantitative estimate of drug-likeness (QED) is 0.282. The van der Waals surface area contributed by atoms with Gasteiger partial charge in [0, 0.05) is 18.4 Å². The Hall–Kier alpha value is -2.78. The molecule has 0 aromatic heterocycles. The number of benzene rings is 1. The predicted molar refractivity (Wildman–Crippen MR) is 222 cm³/mol. The van der Waals surface area contributed by atoms with E-state index in [0.717, 1.165) is 94.8 Å². The molecule has 13 fully saturated rings. The molecule has 19 heteroatoms. The van der Waals surface area contributed by atoms with Crippen LogP contribution < -0.4 is 4.74 Å². The molecule has 1 spiro atoms. The van der Waals surface area contributed by atoms with Gasteiger partial charge in [-0.25, -0.2) is 0 Å². The average Bonchev–Trinajstić information content (AvgIpc) is 4.00. The van der Waals surface area contributed by atoms with Gasteiger partial charge >= 0.3 is 12.3 Å². The number of fused-ring (bicyclic) bond motifs is 2. The van der Waals surface area contributed by atoms with Crippen LogP contribution in [-0.4, -0.2) is 150 Å². The van der Waals surface area contributed by atoms with Crippen molar-refractivity contribution in [3.63, 3.8) is 0 Å². The lowest BCUT2D eigenvalue weighted by molar-refractivity contribution is -0.328. The Morgan fingerprint density at radius 1 is 0.582 bits per heavy atom. The number of rotatable bonds is 12. The fraction of sp³-hybridized carbons (Fsp3) is 0.833. The second kappa shape index (κ2) is 19.8. The summed E-state index contributed by atoms with van der Waals surface area (Å²) in [7, 11) is 1.66. The average molecular weight is 947 g/mol. The fourth-order valence-electron chi connectivity index (χ4n) is 12.5. The Morgan fingerprint density at radius 2 is 1.09 bits per heavy atom. The van der Waals surface area contributed by atoms with Crippen LogP contribution in [0.2, 0.25) is 0 Å². The molecular weight excluding hydrogens is 881 g/mol. The van der Waals surface area contributed by atoms with Crippen LogP contribution in [0.15, 0.2) is 24.3 Å². The van der Waals surface area contributed by atoms with Crippen molar-refractivity contribution in [2.24, 2.45) is 0 Å². The predicted octanol–water partition coefficient (Wildman–Crippen LogP) is 4.07. The molecule has 0 aliphatic carbocycles. The highest BCUT2D eigenvalue weighted by atomic mass is 16.9. The van der Waals surface area contributed by atoms with E-state index in [9.17, 15) is 10.2 Å². The maximum absolute atomic E-state index is 11.1. The standard InChI is InChI=1S/C27H36O8.C19H30O7.2CO2/c1-4-6-7-14-26-25-27(35-24(31-25)15-8-10-17(28-3)11-9-15)23(34-26)22-21(33-27)20(32-26)19-18(30-22)13-12-16(5-2)29-19;1-3-5-6-9-18-17(20)19(21)16(26-18)15-14(25-19)13(24-18)12-11(23-15)8-7-10(4-2)22-12;2*2-1-3/h8-11,16,18-25H,4-7,12-14H2,1-3H3;10-17,20-21H,3-9H2,1-2H3;;/t16-,18-,19-,20-,21-,22+,23?,24-,25-,26+,27?;10-,11-,12-,13-,14-,15+,16?,17-,18+,19+;;/m00../s1. The van der Waals surface area contributed by atoms with Crippen molar-refractivity contribution >= 4 is 12.3 Å². The van der Waals surface area contributed by atoms with Crippen LogP contribution in [0.25, 0.3) is 0 Å². The lowest BCUT2D eigenvalue weighted by atomic mass is 9.86. The Kier molecular flexibility index (Phi) is 14.5. The Bertz CT molecular complexity index is 1920. The molecule has 3 unspecified atom stereocenters. The zero-order valence-corrected chi connectivity index (χ0v) is 38.9. The van der Waals surface area contributed by atoms with Gasteiger partial charge in [0.05, 0.1) is 31.5 Å². The van der Waals surface area contributed by atoms with E-state index in [1.54, 1.807) is 7.11 Å². The second-order valence-corrected chi connectivity index (χ2v) is 19.4. The number of methoxy groups -OCH3 is 1. The highest BCUT2D eigenvalue weighted by Crippen LogP contribution is 2.64. The van der Waals surface area contributed by atoms with Crippen LogP contribution >= 0.6 is 0 Å². The molecule has 13 heterocycles. The molecule has 13 aliphatic rings. The minimum absolute atomic E-state index is 0.0170. The number of unbranched alkanes of at least 4 members (excludes halogenated alkanes) is 4. The first-order valence-corrected chi connectivity index (χ1v) is 24.5. The monoisotopic (exact) mass is 946 g/mol. The number of hydrogen-bond donors (Lipinski definition) is 2. The van der Waals surface area contributed by atoms with Gasteiger partial charge < -0.3 is 71.8 Å². The molecule has 13 saturated heterocycles. The fourth-order valence-corrected chi connectivity index (χ4v) is 12.5. The molecule has 1 aromatic rings. The van der Waals surface area contributed by atoms with Gasteiger partial charge in [-0.1, -0.05) is 65.5 Å². The Morgan fingerprint density at radius 3 is 1.64 bits per heavy atom. The molecule has 1 aromatic carbocycles. The lowest BCUT2D eigenvalue weighted by Crippen LogP contribution is -2.62. The first-order valence-electron chi connectivity index (χ1n) is 24.5. The SMILES string of the molecule is CCCCC[C@]12OC3[C@@H]4O[C@H]5CC[C@H](CC)O[C@@H]5[C@H](O1)[C@@H]4OC31O[C@@H](c3ccc(OC)cc3)O[C@H]12.CCCCC[C@]12OC3[C@@H]4O[C@H]5CC[C@H](CC)O[C@@H]5[C@H](O1)[C@@H]4O[C@@]3(O)[C@H]2O.O=C=O.O=C=O. The summed E-state index contributed by atoms with van der Waals surface area (Å²) in [6.45, 7) is 8.61. The van der Waals surface area contributed by atoms with Crippen molar-refractivity contribution in [3.05, 3.63) is 29.8 Å². The summed E-state index contributed by atoms with van der Waals surface area (Å²) in [6.07, 6.45) is 7.86. The first-order chi connectivity index (χ1) is 32.5. The third kappa shape index (κ3) is 8.18. The van der Waals surface area contributed by atoms with E-state index < -0.39 is 72.2 Å². The van der Waals surface area contributed by atoms with Gasteiger partial charge in [-0.15, -0.1) is 0 Å². The minimum atomic E-state index is -1.77. The van der Waals surface area contributed by atoms with Crippen LogP contribution in [0.5, 0.6) is 5.75 Å². The lowest BCUT2D eigenvalue weighted by Gasteiger charge is -2.47. The number of carbonyl (C=O) groups excluding carboxylic acids is 4. The Labute approximate surface area is 389 Å². The summed E-state index contributed by atoms with van der Waals surface area (Å²) < 4.78 is 83.4. The third-order valence-electron chi connectivity index (χ3n) is 15.6. The first kappa shape index (κ1) is 49.2. The van der Waals surface area contributed by atoms with Crippen molar-refractivity contribution in [1.82, 2.24) is 0 Å². The number of aliphatic hydroxyl groups excluding tert-OH is 1. The van der Waals surface area contributed by atoms with Crippen molar-refractivity contribution in [2.45, 2.75) is 245 Å². The molecule has 13 aliphatic heterocycles. The van der Waals surface area contributed by atoms with E-state index in [0.29, 0.717) is 6.42 Å². The molecule has 0 amide bonds. The van der Waals surface area contributed by atoms with Gasteiger partial charge in [-0.2, -0.15) is 19.2 Å². The zero-order chi connectivity index (χ0) is 47.3. The molecule has 19 nitrogen and oxygen atoms in total. The molecule has 21 atom stereocenters. The van der Waals surface area contributed by atoms with E-state index >= 15 is 0 Å². The zero-order valence-electron chi connectivity index (χ0n) is 38.9. The molecule has 2 N–H and O–H groups in total. The summed E-state index contributed by atoms with van der Waals surface area (Å²) in [5.41, 5.74) is 0.912. The van der Waals surface area contributed by atoms with E-state index in [-0.39, 0.29) is 67.2 Å². The van der Waals surface area contributed by atoms with Gasteiger partial charge in [0.2, 0.25) is 23.1 Å². The molecule has 0 saturated carbocycles. The van der Waals surface area contributed by atoms with Crippen LogP contribution in [0.4, 0.5) is 0 Å². The van der Waals surface area contributed by atoms with Crippen molar-refractivity contribution in [1.29, 1.82) is 0 Å². The van der Waals surface area contributed by atoms with Crippen LogP contribution in [0.3, 0.4) is 0 Å². The summed E-state index contributed by atoms with van der Waals surface area (Å²) in [5.74, 6) is -4.23. The summed E-state index contributed by atoms with van der Waals surface area (Å²) >= 11 is 0. The second-order valence-electron chi connectivity index (χ2n) is 19.4. The van der Waals surface area contributed by atoms with E-state index in [1.807, 2.05) is 24.3 Å². The smallest absolute Gasteiger partial charge is 0.373 e. The molecule has 14 rings (SSSR count). The summed E-state index contributed by atoms with van der Waals surface area (Å²) in [6, 6.07) is 7.77. The highest BCUT2D eigenvalue weighted by molar-refractivity contribution is 5.30. The topological polar surface area (TPSA) is 229 Å². The summed E-state index contributed by atoms with van der Waals surface area (Å²) in [5, 5.41) is 22.0. The number of ether oxygens (including phenoxy) is 13. The molecule has 372 valence electrons. The highest BCUT2D eigenvalue weighted by Gasteiger charge is 2.83. The summed E-state index contributed by atoms with van der Waals surface area (Å²) in [4.78, 5) is 32.5. The molecule has 12 bridgehead atoms. The maximum Gasteiger partial charge on any atom is 0.373 e. The minimum Gasteiger partial charge on any atom is -0.497 e. The van der Waals surface area contributed by atoms with Gasteiger partial charge in [-0.3, -0.25) is 0 Å². The third-order valence-corrected chi connectivity index (χ3v) is 15.6. The number of aliphatic hydroxyl groups is 2. The number of hydrogen-bond acceptors (Lipinski definition) is 19.